The van der Waals surface area contributed by atoms with Gasteiger partial charge in [-0.05, 0) is 12.1 Å². The van der Waals surface area contributed by atoms with E-state index in [0.717, 1.165) is 17.8 Å². The number of rotatable bonds is 3. The van der Waals surface area contributed by atoms with Gasteiger partial charge in [0.15, 0.2) is 0 Å². The van der Waals surface area contributed by atoms with E-state index in [1.165, 1.54) is 0 Å². The second-order valence-corrected chi connectivity index (χ2v) is 7.30. The van der Waals surface area contributed by atoms with Gasteiger partial charge in [0.25, 0.3) is 5.91 Å². The predicted molar refractivity (Wildman–Crippen MR) is 78.1 cm³/mol. The van der Waals surface area contributed by atoms with E-state index >= 15 is 0 Å². The summed E-state index contributed by atoms with van der Waals surface area (Å²) >= 11 is 1.82. The van der Waals surface area contributed by atoms with Crippen LogP contribution in [0.1, 0.15) is 10.4 Å². The Bertz CT molecular complexity index is 566. The third-order valence-electron chi connectivity index (χ3n) is 2.75. The molecular weight excluding hydrogens is 284 g/mol. The Labute approximate surface area is 117 Å². The molecule has 0 aliphatic carbocycles. The lowest BCUT2D eigenvalue weighted by atomic mass is 10.1. The average Bonchev–Trinajstić information content (AvgIpc) is 2.38. The van der Waals surface area contributed by atoms with Gasteiger partial charge in [-0.2, -0.15) is 11.8 Å². The Kier molecular flexibility index (Phi) is 4.36. The maximum Gasteiger partial charge on any atom is 0.256 e. The molecule has 0 unspecified atom stereocenters. The minimum Gasteiger partial charge on any atom is -0.337 e. The normalized spacial score (nSPS) is 16.2. The zero-order valence-electron chi connectivity index (χ0n) is 10.6. The maximum absolute atomic E-state index is 12.4. The van der Waals surface area contributed by atoms with Gasteiger partial charge in [-0.1, -0.05) is 12.1 Å². The van der Waals surface area contributed by atoms with Crippen molar-refractivity contribution in [1.29, 1.82) is 0 Å². The number of sulfonamides is 1. The summed E-state index contributed by atoms with van der Waals surface area (Å²) in [4.78, 5) is 14.2. The van der Waals surface area contributed by atoms with Gasteiger partial charge < -0.3 is 4.90 Å². The number of thioether (sulfide) groups is 1. The average molecular weight is 300 g/mol. The minimum atomic E-state index is -3.39. The van der Waals surface area contributed by atoms with E-state index in [-0.39, 0.29) is 5.91 Å². The van der Waals surface area contributed by atoms with Crippen LogP contribution < -0.4 is 4.72 Å². The fraction of sp³-hybridized carbons (Fsp3) is 0.417. The number of anilines is 1. The number of carbonyl (C=O) groups excluding carboxylic acids is 1. The third kappa shape index (κ3) is 3.87. The molecule has 1 N–H and O–H groups in total. The van der Waals surface area contributed by atoms with Crippen LogP contribution in [-0.4, -0.2) is 50.1 Å². The Balaban J connectivity index is 2.26. The lowest BCUT2D eigenvalue weighted by Crippen LogP contribution is -2.38. The predicted octanol–water partition coefficient (Wildman–Crippen LogP) is 1.25. The van der Waals surface area contributed by atoms with Crippen LogP contribution in [0.3, 0.4) is 0 Å². The number of para-hydroxylation sites is 1. The minimum absolute atomic E-state index is 0.118. The van der Waals surface area contributed by atoms with E-state index in [1.807, 2.05) is 11.8 Å². The zero-order chi connectivity index (χ0) is 13.9. The number of carbonyl (C=O) groups is 1. The van der Waals surface area contributed by atoms with Crippen molar-refractivity contribution < 1.29 is 13.2 Å². The molecule has 0 aromatic heterocycles. The molecule has 1 aliphatic rings. The molecular formula is C12H16N2O3S2. The van der Waals surface area contributed by atoms with Crippen molar-refractivity contribution in [2.24, 2.45) is 0 Å². The van der Waals surface area contributed by atoms with Crippen molar-refractivity contribution in [2.75, 3.05) is 35.6 Å². The zero-order valence-corrected chi connectivity index (χ0v) is 12.3. The van der Waals surface area contributed by atoms with Crippen LogP contribution in [0.5, 0.6) is 0 Å². The van der Waals surface area contributed by atoms with Gasteiger partial charge in [-0.25, -0.2) is 8.42 Å². The highest BCUT2D eigenvalue weighted by atomic mass is 32.2. The van der Waals surface area contributed by atoms with Crippen molar-refractivity contribution in [3.63, 3.8) is 0 Å². The van der Waals surface area contributed by atoms with Gasteiger partial charge in [0.05, 0.1) is 17.5 Å². The van der Waals surface area contributed by atoms with Crippen molar-refractivity contribution in [1.82, 2.24) is 4.90 Å². The van der Waals surface area contributed by atoms with Crippen LogP contribution in [-0.2, 0) is 10.0 Å². The fourth-order valence-electron chi connectivity index (χ4n) is 1.90. The summed E-state index contributed by atoms with van der Waals surface area (Å²) in [5.41, 5.74) is 0.744. The Morgan fingerprint density at radius 3 is 2.53 bits per heavy atom. The Hall–Kier alpha value is -1.21. The van der Waals surface area contributed by atoms with E-state index in [9.17, 15) is 13.2 Å². The van der Waals surface area contributed by atoms with Gasteiger partial charge >= 0.3 is 0 Å². The molecule has 0 spiro atoms. The largest absolute Gasteiger partial charge is 0.337 e. The second-order valence-electron chi connectivity index (χ2n) is 4.32. The molecule has 5 nitrogen and oxygen atoms in total. The number of amides is 1. The first-order chi connectivity index (χ1) is 8.97. The van der Waals surface area contributed by atoms with Crippen LogP contribution >= 0.6 is 11.8 Å². The first-order valence-electron chi connectivity index (χ1n) is 5.91. The van der Waals surface area contributed by atoms with E-state index in [1.54, 1.807) is 29.2 Å². The summed E-state index contributed by atoms with van der Waals surface area (Å²) in [5.74, 6) is 1.73. The number of hydrogen-bond donors (Lipinski definition) is 1. The van der Waals surface area contributed by atoms with E-state index in [2.05, 4.69) is 4.72 Å². The fourth-order valence-corrected chi connectivity index (χ4v) is 3.38. The SMILES string of the molecule is CS(=O)(=O)Nc1ccccc1C(=O)N1CCSCC1. The molecule has 1 amide bonds. The number of nitrogens with zero attached hydrogens (tertiary/aromatic N) is 1. The van der Waals surface area contributed by atoms with Crippen molar-refractivity contribution in [3.05, 3.63) is 29.8 Å². The summed E-state index contributed by atoms with van der Waals surface area (Å²) in [7, 11) is -3.39. The molecule has 0 saturated carbocycles. The standard InChI is InChI=1S/C12H16N2O3S2/c1-19(16,17)13-11-5-3-2-4-10(11)12(15)14-6-8-18-9-7-14/h2-5,13H,6-9H2,1H3. The van der Waals surface area contributed by atoms with E-state index in [0.29, 0.717) is 24.3 Å². The maximum atomic E-state index is 12.4. The summed E-state index contributed by atoms with van der Waals surface area (Å²) < 4.78 is 25.0. The first kappa shape index (κ1) is 14.2. The van der Waals surface area contributed by atoms with Crippen molar-refractivity contribution >= 4 is 33.4 Å². The molecule has 19 heavy (non-hydrogen) atoms. The van der Waals surface area contributed by atoms with Crippen LogP contribution in [0.15, 0.2) is 24.3 Å². The number of nitrogens with one attached hydrogen (secondary N) is 1. The summed E-state index contributed by atoms with van der Waals surface area (Å²) in [5, 5.41) is 0. The summed E-state index contributed by atoms with van der Waals surface area (Å²) in [6.07, 6.45) is 1.08. The highest BCUT2D eigenvalue weighted by Gasteiger charge is 2.21. The smallest absolute Gasteiger partial charge is 0.256 e. The molecule has 1 aromatic carbocycles. The quantitative estimate of drug-likeness (QED) is 0.912. The molecule has 2 rings (SSSR count). The Morgan fingerprint density at radius 1 is 1.26 bits per heavy atom. The van der Waals surface area contributed by atoms with Gasteiger partial charge in [0.1, 0.15) is 0 Å². The first-order valence-corrected chi connectivity index (χ1v) is 8.96. The molecule has 1 aromatic rings. The Morgan fingerprint density at radius 2 is 1.89 bits per heavy atom. The number of hydrogen-bond acceptors (Lipinski definition) is 4. The highest BCUT2D eigenvalue weighted by molar-refractivity contribution is 7.99. The summed E-state index contributed by atoms with van der Waals surface area (Å²) in [6.45, 7) is 1.41. The third-order valence-corrected chi connectivity index (χ3v) is 4.28. The monoisotopic (exact) mass is 300 g/mol. The molecule has 0 atom stereocenters. The van der Waals surface area contributed by atoms with Crippen molar-refractivity contribution in [2.45, 2.75) is 0 Å². The molecule has 1 aliphatic heterocycles. The van der Waals surface area contributed by atoms with Gasteiger partial charge in [0, 0.05) is 24.6 Å². The summed E-state index contributed by atoms with van der Waals surface area (Å²) in [6, 6.07) is 6.69. The topological polar surface area (TPSA) is 66.5 Å². The molecule has 1 saturated heterocycles. The van der Waals surface area contributed by atoms with Crippen LogP contribution in [0.4, 0.5) is 5.69 Å². The van der Waals surface area contributed by atoms with E-state index in [4.69, 9.17) is 0 Å². The molecule has 0 bridgehead atoms. The van der Waals surface area contributed by atoms with Crippen LogP contribution in [0.2, 0.25) is 0 Å². The number of benzene rings is 1. The van der Waals surface area contributed by atoms with Crippen LogP contribution in [0, 0.1) is 0 Å². The lowest BCUT2D eigenvalue weighted by molar-refractivity contribution is 0.0773. The molecule has 1 heterocycles. The molecule has 104 valence electrons. The van der Waals surface area contributed by atoms with Gasteiger partial charge in [0.2, 0.25) is 10.0 Å². The van der Waals surface area contributed by atoms with Gasteiger partial charge in [-0.3, -0.25) is 9.52 Å². The second kappa shape index (κ2) is 5.83. The lowest BCUT2D eigenvalue weighted by Gasteiger charge is -2.27. The molecule has 0 radical (unpaired) electrons. The highest BCUT2D eigenvalue weighted by Crippen LogP contribution is 2.20. The molecule has 7 heteroatoms. The van der Waals surface area contributed by atoms with Crippen LogP contribution in [0.25, 0.3) is 0 Å². The van der Waals surface area contributed by atoms with Crippen molar-refractivity contribution in [3.8, 4) is 0 Å². The van der Waals surface area contributed by atoms with E-state index < -0.39 is 10.0 Å². The molecule has 1 fully saturated rings. The van der Waals surface area contributed by atoms with Gasteiger partial charge in [-0.15, -0.1) is 0 Å².